The van der Waals surface area contributed by atoms with Crippen molar-refractivity contribution in [2.75, 3.05) is 18.5 Å². The van der Waals surface area contributed by atoms with Crippen LogP contribution in [-0.2, 0) is 14.3 Å². The van der Waals surface area contributed by atoms with Gasteiger partial charge in [-0.05, 0) is 41.8 Å². The van der Waals surface area contributed by atoms with Gasteiger partial charge in [-0.1, -0.05) is 43.6 Å². The molecule has 2 aromatic rings. The van der Waals surface area contributed by atoms with Crippen LogP contribution in [0, 0.1) is 0 Å². The van der Waals surface area contributed by atoms with Crippen LogP contribution in [0.1, 0.15) is 25.3 Å². The molecule has 1 amide bonds. The average Bonchev–Trinajstić information content (AvgIpc) is 2.60. The summed E-state index contributed by atoms with van der Waals surface area (Å²) in [6.45, 7) is 3.46. The third-order valence-electron chi connectivity index (χ3n) is 3.38. The van der Waals surface area contributed by atoms with E-state index >= 15 is 0 Å². The number of esters is 1. The molecule has 0 aliphatic carbocycles. The van der Waals surface area contributed by atoms with Crippen molar-refractivity contribution in [2.45, 2.75) is 19.8 Å². The van der Waals surface area contributed by atoms with Crippen molar-refractivity contribution in [2.24, 2.45) is 0 Å². The fourth-order valence-corrected chi connectivity index (χ4v) is 2.27. The molecule has 0 bridgehead atoms. The van der Waals surface area contributed by atoms with Gasteiger partial charge in [-0.3, -0.25) is 4.79 Å². The van der Waals surface area contributed by atoms with E-state index in [9.17, 15) is 9.59 Å². The molecule has 0 unspecified atom stereocenters. The number of carbonyl (C=O) groups is 2. The minimum absolute atomic E-state index is 0.252. The highest BCUT2D eigenvalue weighted by Crippen LogP contribution is 2.25. The molecular weight excluding hydrogens is 342 g/mol. The smallest absolute Gasteiger partial charge is 0.344 e. The molecule has 2 rings (SSSR count). The fourth-order valence-electron chi connectivity index (χ4n) is 2.14. The molecule has 0 atom stereocenters. The largest absolute Gasteiger partial charge is 0.482 e. The Labute approximate surface area is 151 Å². The van der Waals surface area contributed by atoms with Gasteiger partial charge in [-0.25, -0.2) is 4.79 Å². The van der Waals surface area contributed by atoms with Crippen molar-refractivity contribution in [3.8, 4) is 5.75 Å². The summed E-state index contributed by atoms with van der Waals surface area (Å²) in [4.78, 5) is 23.5. The second kappa shape index (κ2) is 9.08. The normalized spacial score (nSPS) is 10.4. The first-order chi connectivity index (χ1) is 12.0. The van der Waals surface area contributed by atoms with Crippen molar-refractivity contribution in [3.05, 3.63) is 59.1 Å². The summed E-state index contributed by atoms with van der Waals surface area (Å²) in [6.07, 6.45) is 0. The SMILES string of the molecule is CC(C)c1ccccc1OCC(=O)OCC(=O)Nc1ccc(Cl)cc1. The number of para-hydroxylation sites is 1. The van der Waals surface area contributed by atoms with Crippen molar-refractivity contribution in [1.82, 2.24) is 0 Å². The quantitative estimate of drug-likeness (QED) is 0.756. The molecule has 0 aliphatic heterocycles. The number of nitrogens with one attached hydrogen (secondary N) is 1. The monoisotopic (exact) mass is 361 g/mol. The van der Waals surface area contributed by atoms with Crippen LogP contribution in [0.4, 0.5) is 5.69 Å². The summed E-state index contributed by atoms with van der Waals surface area (Å²) < 4.78 is 10.4. The zero-order chi connectivity index (χ0) is 18.2. The molecule has 25 heavy (non-hydrogen) atoms. The van der Waals surface area contributed by atoms with Gasteiger partial charge in [0.2, 0.25) is 0 Å². The van der Waals surface area contributed by atoms with Crippen molar-refractivity contribution in [3.63, 3.8) is 0 Å². The summed E-state index contributed by atoms with van der Waals surface area (Å²) in [5.74, 6) is -0.125. The molecular formula is C19H20ClNO4. The first kappa shape index (κ1) is 18.8. The maximum Gasteiger partial charge on any atom is 0.344 e. The zero-order valence-electron chi connectivity index (χ0n) is 14.1. The molecule has 132 valence electrons. The van der Waals surface area contributed by atoms with Gasteiger partial charge in [0, 0.05) is 10.7 Å². The number of carbonyl (C=O) groups excluding carboxylic acids is 2. The Kier molecular flexibility index (Phi) is 6.83. The van der Waals surface area contributed by atoms with E-state index in [-0.39, 0.29) is 19.1 Å². The van der Waals surface area contributed by atoms with Crippen LogP contribution >= 0.6 is 11.6 Å². The highest BCUT2D eigenvalue weighted by atomic mass is 35.5. The van der Waals surface area contributed by atoms with Gasteiger partial charge in [0.05, 0.1) is 0 Å². The van der Waals surface area contributed by atoms with Crippen LogP contribution in [0.5, 0.6) is 5.75 Å². The number of rotatable bonds is 7. The highest BCUT2D eigenvalue weighted by Gasteiger charge is 2.11. The second-order valence-corrected chi connectivity index (χ2v) is 6.13. The van der Waals surface area contributed by atoms with E-state index in [0.717, 1.165) is 5.56 Å². The second-order valence-electron chi connectivity index (χ2n) is 5.70. The van der Waals surface area contributed by atoms with Crippen LogP contribution < -0.4 is 10.1 Å². The molecule has 2 aromatic carbocycles. The molecule has 0 saturated heterocycles. The number of ether oxygens (including phenoxy) is 2. The molecule has 0 fully saturated rings. The summed E-state index contributed by atoms with van der Waals surface area (Å²) in [7, 11) is 0. The van der Waals surface area contributed by atoms with Gasteiger partial charge in [-0.2, -0.15) is 0 Å². The summed E-state index contributed by atoms with van der Waals surface area (Å²) in [5.41, 5.74) is 1.59. The Bertz CT molecular complexity index is 728. The lowest BCUT2D eigenvalue weighted by Crippen LogP contribution is -2.23. The lowest BCUT2D eigenvalue weighted by Gasteiger charge is -2.13. The molecule has 5 nitrogen and oxygen atoms in total. The maximum absolute atomic E-state index is 11.8. The van der Waals surface area contributed by atoms with E-state index in [1.165, 1.54) is 0 Å². The zero-order valence-corrected chi connectivity index (χ0v) is 14.9. The summed E-state index contributed by atoms with van der Waals surface area (Å²) in [6, 6.07) is 14.1. The molecule has 0 aromatic heterocycles. The number of benzene rings is 2. The van der Waals surface area contributed by atoms with E-state index in [4.69, 9.17) is 21.1 Å². The minimum Gasteiger partial charge on any atom is -0.482 e. The summed E-state index contributed by atoms with van der Waals surface area (Å²) in [5, 5.41) is 3.18. The van der Waals surface area contributed by atoms with Gasteiger partial charge < -0.3 is 14.8 Å². The number of hydrogen-bond donors (Lipinski definition) is 1. The topological polar surface area (TPSA) is 64.6 Å². The Balaban J connectivity index is 1.77. The molecule has 0 spiro atoms. The lowest BCUT2D eigenvalue weighted by atomic mass is 10.0. The number of hydrogen-bond acceptors (Lipinski definition) is 4. The van der Waals surface area contributed by atoms with E-state index in [1.54, 1.807) is 30.3 Å². The van der Waals surface area contributed by atoms with Crippen LogP contribution in [0.15, 0.2) is 48.5 Å². The average molecular weight is 362 g/mol. The molecule has 6 heteroatoms. The van der Waals surface area contributed by atoms with E-state index in [2.05, 4.69) is 5.32 Å². The standard InChI is InChI=1S/C19H20ClNO4/c1-13(2)16-5-3-4-6-17(16)24-12-19(23)25-11-18(22)21-15-9-7-14(20)8-10-15/h3-10,13H,11-12H2,1-2H3,(H,21,22). The van der Waals surface area contributed by atoms with E-state index < -0.39 is 11.9 Å². The molecule has 0 saturated carbocycles. The van der Waals surface area contributed by atoms with E-state index in [0.29, 0.717) is 16.5 Å². The Morgan fingerprint density at radius 2 is 1.72 bits per heavy atom. The summed E-state index contributed by atoms with van der Waals surface area (Å²) >= 11 is 5.77. The minimum atomic E-state index is -0.607. The van der Waals surface area contributed by atoms with Crippen LogP contribution in [-0.4, -0.2) is 25.1 Å². The van der Waals surface area contributed by atoms with E-state index in [1.807, 2.05) is 32.0 Å². The van der Waals surface area contributed by atoms with Crippen LogP contribution in [0.2, 0.25) is 5.02 Å². The third-order valence-corrected chi connectivity index (χ3v) is 3.63. The first-order valence-corrected chi connectivity index (χ1v) is 8.26. The van der Waals surface area contributed by atoms with Gasteiger partial charge >= 0.3 is 5.97 Å². The lowest BCUT2D eigenvalue weighted by molar-refractivity contribution is -0.149. The Morgan fingerprint density at radius 1 is 1.04 bits per heavy atom. The van der Waals surface area contributed by atoms with Gasteiger partial charge in [0.1, 0.15) is 5.75 Å². The predicted molar refractivity (Wildman–Crippen MR) is 97.1 cm³/mol. The highest BCUT2D eigenvalue weighted by molar-refractivity contribution is 6.30. The predicted octanol–water partition coefficient (Wildman–Crippen LogP) is 4.02. The Hall–Kier alpha value is -2.53. The molecule has 0 heterocycles. The van der Waals surface area contributed by atoms with Gasteiger partial charge in [-0.15, -0.1) is 0 Å². The molecule has 0 radical (unpaired) electrons. The van der Waals surface area contributed by atoms with Crippen molar-refractivity contribution >= 4 is 29.2 Å². The first-order valence-electron chi connectivity index (χ1n) is 7.88. The molecule has 0 aliphatic rings. The third kappa shape index (κ3) is 6.12. The number of halogens is 1. The van der Waals surface area contributed by atoms with Gasteiger partial charge in [0.15, 0.2) is 13.2 Å². The number of anilines is 1. The fraction of sp³-hybridized carbons (Fsp3) is 0.263. The van der Waals surface area contributed by atoms with Crippen LogP contribution in [0.25, 0.3) is 0 Å². The van der Waals surface area contributed by atoms with Gasteiger partial charge in [0.25, 0.3) is 5.91 Å². The maximum atomic E-state index is 11.8. The number of amides is 1. The van der Waals surface area contributed by atoms with Crippen molar-refractivity contribution < 1.29 is 19.1 Å². The Morgan fingerprint density at radius 3 is 2.40 bits per heavy atom. The van der Waals surface area contributed by atoms with Crippen molar-refractivity contribution in [1.29, 1.82) is 0 Å². The molecule has 1 N–H and O–H groups in total. The van der Waals surface area contributed by atoms with Crippen LogP contribution in [0.3, 0.4) is 0 Å².